The molecule has 1 heterocycles. The predicted molar refractivity (Wildman–Crippen MR) is 82.3 cm³/mol. The minimum atomic E-state index is 0.466. The van der Waals surface area contributed by atoms with Gasteiger partial charge in [0.05, 0.1) is 12.3 Å². The highest BCUT2D eigenvalue weighted by atomic mass is 127. The fourth-order valence-electron chi connectivity index (χ4n) is 1.49. The van der Waals surface area contributed by atoms with E-state index in [-0.39, 0.29) is 0 Å². The van der Waals surface area contributed by atoms with Crippen molar-refractivity contribution in [3.8, 4) is 5.88 Å². The Kier molecular flexibility index (Phi) is 4.24. The Morgan fingerprint density at radius 1 is 1.33 bits per heavy atom. The maximum atomic E-state index is 5.78. The van der Waals surface area contributed by atoms with Crippen LogP contribution in [0.15, 0.2) is 36.4 Å². The smallest absolute Gasteiger partial charge is 0.239 e. The van der Waals surface area contributed by atoms with E-state index >= 15 is 0 Å². The number of nitrogens with zero attached hydrogens (tertiary/aromatic N) is 1. The average Bonchev–Trinajstić information content (AvgIpc) is 2.34. The molecule has 94 valence electrons. The van der Waals surface area contributed by atoms with Crippen molar-refractivity contribution < 1.29 is 4.74 Å². The van der Waals surface area contributed by atoms with Gasteiger partial charge in [0.1, 0.15) is 5.82 Å². The Balaban J connectivity index is 2.21. The number of pyridine rings is 1. The Labute approximate surface area is 120 Å². The first-order valence-electron chi connectivity index (χ1n) is 5.61. The molecule has 2 aromatic rings. The number of hydrogen-bond donors (Lipinski definition) is 2. The number of ether oxygens (including phenoxy) is 1. The summed E-state index contributed by atoms with van der Waals surface area (Å²) < 4.78 is 6.53. The number of rotatable bonds is 4. The van der Waals surface area contributed by atoms with Crippen molar-refractivity contribution in [2.75, 3.05) is 17.7 Å². The van der Waals surface area contributed by atoms with Crippen LogP contribution in [-0.2, 0) is 0 Å². The van der Waals surface area contributed by atoms with Crippen molar-refractivity contribution in [1.82, 2.24) is 4.98 Å². The van der Waals surface area contributed by atoms with E-state index in [2.05, 4.69) is 32.9 Å². The number of benzene rings is 1. The predicted octanol–water partition coefficient (Wildman–Crippen LogP) is 3.41. The first-order chi connectivity index (χ1) is 8.69. The molecule has 0 saturated heterocycles. The number of nitrogens with one attached hydrogen (secondary N) is 1. The number of anilines is 3. The second kappa shape index (κ2) is 5.90. The van der Waals surface area contributed by atoms with Gasteiger partial charge in [0.2, 0.25) is 5.88 Å². The van der Waals surface area contributed by atoms with Gasteiger partial charge in [-0.05, 0) is 59.8 Å². The Hall–Kier alpha value is -1.50. The normalized spacial score (nSPS) is 10.1. The van der Waals surface area contributed by atoms with Gasteiger partial charge < -0.3 is 15.8 Å². The largest absolute Gasteiger partial charge is 0.476 e. The van der Waals surface area contributed by atoms with Crippen LogP contribution in [0.1, 0.15) is 6.92 Å². The first-order valence-corrected chi connectivity index (χ1v) is 6.69. The third-order valence-electron chi connectivity index (χ3n) is 2.27. The molecule has 4 nitrogen and oxygen atoms in total. The summed E-state index contributed by atoms with van der Waals surface area (Å²) in [4.78, 5) is 4.33. The second-order valence-electron chi connectivity index (χ2n) is 3.66. The Morgan fingerprint density at radius 2 is 2.17 bits per heavy atom. The van der Waals surface area contributed by atoms with Crippen molar-refractivity contribution in [1.29, 1.82) is 0 Å². The fourth-order valence-corrected chi connectivity index (χ4v) is 2.03. The van der Waals surface area contributed by atoms with Crippen LogP contribution in [0.2, 0.25) is 0 Å². The molecule has 0 saturated carbocycles. The van der Waals surface area contributed by atoms with Gasteiger partial charge in [-0.3, -0.25) is 0 Å². The maximum absolute atomic E-state index is 5.78. The number of aromatic nitrogens is 1. The van der Waals surface area contributed by atoms with Gasteiger partial charge in [0, 0.05) is 9.26 Å². The van der Waals surface area contributed by atoms with Gasteiger partial charge in [-0.25, -0.2) is 0 Å². The topological polar surface area (TPSA) is 60.2 Å². The van der Waals surface area contributed by atoms with Crippen molar-refractivity contribution in [2.24, 2.45) is 0 Å². The van der Waals surface area contributed by atoms with Crippen molar-refractivity contribution >= 4 is 39.8 Å². The van der Waals surface area contributed by atoms with Crippen LogP contribution in [0.3, 0.4) is 0 Å². The molecule has 0 aliphatic carbocycles. The van der Waals surface area contributed by atoms with E-state index in [1.54, 1.807) is 6.07 Å². The minimum absolute atomic E-state index is 0.466. The zero-order chi connectivity index (χ0) is 13.0. The number of nitrogen functional groups attached to an aromatic ring is 1. The third-order valence-corrected chi connectivity index (χ3v) is 2.94. The number of halogens is 1. The van der Waals surface area contributed by atoms with Gasteiger partial charge >= 0.3 is 0 Å². The zero-order valence-corrected chi connectivity index (χ0v) is 12.1. The zero-order valence-electron chi connectivity index (χ0n) is 9.98. The molecule has 0 unspecified atom stereocenters. The van der Waals surface area contributed by atoms with Crippen LogP contribution in [0.25, 0.3) is 0 Å². The van der Waals surface area contributed by atoms with Gasteiger partial charge in [-0.1, -0.05) is 6.07 Å². The summed E-state index contributed by atoms with van der Waals surface area (Å²) in [7, 11) is 0. The quantitative estimate of drug-likeness (QED) is 0.826. The maximum Gasteiger partial charge on any atom is 0.239 e. The number of hydrogen-bond acceptors (Lipinski definition) is 4. The van der Waals surface area contributed by atoms with Gasteiger partial charge in [-0.2, -0.15) is 4.98 Å². The van der Waals surface area contributed by atoms with E-state index in [9.17, 15) is 0 Å². The molecule has 1 aromatic carbocycles. The highest BCUT2D eigenvalue weighted by Crippen LogP contribution is 2.23. The van der Waals surface area contributed by atoms with Crippen LogP contribution in [0.5, 0.6) is 5.88 Å². The standard InChI is InChI=1S/C13H14IN3O/c1-2-18-13-11(15)6-7-12(17-13)16-10-5-3-4-9(14)8-10/h3-8H,2,15H2,1H3,(H,16,17). The van der Waals surface area contributed by atoms with Gasteiger partial charge in [0.15, 0.2) is 0 Å². The lowest BCUT2D eigenvalue weighted by molar-refractivity contribution is 0.329. The molecule has 2 rings (SSSR count). The molecular weight excluding hydrogens is 341 g/mol. The van der Waals surface area contributed by atoms with Crippen LogP contribution in [-0.4, -0.2) is 11.6 Å². The lowest BCUT2D eigenvalue weighted by Gasteiger charge is -2.10. The Morgan fingerprint density at radius 3 is 2.89 bits per heavy atom. The highest BCUT2D eigenvalue weighted by Gasteiger charge is 2.04. The molecule has 1 aromatic heterocycles. The molecule has 0 aliphatic rings. The fraction of sp³-hybridized carbons (Fsp3) is 0.154. The van der Waals surface area contributed by atoms with E-state index in [1.165, 1.54) is 0 Å². The van der Waals surface area contributed by atoms with Crippen LogP contribution in [0.4, 0.5) is 17.2 Å². The van der Waals surface area contributed by atoms with E-state index in [0.717, 1.165) is 15.1 Å². The second-order valence-corrected chi connectivity index (χ2v) is 4.90. The summed E-state index contributed by atoms with van der Waals surface area (Å²) in [6.07, 6.45) is 0. The number of nitrogens with two attached hydrogens (primary N) is 1. The van der Waals surface area contributed by atoms with Crippen molar-refractivity contribution in [2.45, 2.75) is 6.92 Å². The summed E-state index contributed by atoms with van der Waals surface area (Å²) in [6.45, 7) is 2.45. The average molecular weight is 355 g/mol. The Bertz CT molecular complexity index is 546. The molecule has 0 aliphatic heterocycles. The monoisotopic (exact) mass is 355 g/mol. The molecule has 18 heavy (non-hydrogen) atoms. The van der Waals surface area contributed by atoms with Crippen molar-refractivity contribution in [3.63, 3.8) is 0 Å². The first kappa shape index (κ1) is 12.9. The summed E-state index contributed by atoms with van der Waals surface area (Å²) in [6, 6.07) is 11.7. The van der Waals surface area contributed by atoms with Gasteiger partial charge in [0.25, 0.3) is 0 Å². The summed E-state index contributed by atoms with van der Waals surface area (Å²) in [5.74, 6) is 1.18. The van der Waals surface area contributed by atoms with Crippen LogP contribution >= 0.6 is 22.6 Å². The molecular formula is C13H14IN3O. The summed E-state index contributed by atoms with van der Waals surface area (Å²) in [5.41, 5.74) is 7.31. The molecule has 3 N–H and O–H groups in total. The third kappa shape index (κ3) is 3.25. The van der Waals surface area contributed by atoms with E-state index < -0.39 is 0 Å². The minimum Gasteiger partial charge on any atom is -0.476 e. The summed E-state index contributed by atoms with van der Waals surface area (Å²) in [5, 5.41) is 3.22. The van der Waals surface area contributed by atoms with E-state index in [0.29, 0.717) is 18.2 Å². The molecule has 0 radical (unpaired) electrons. The molecule has 5 heteroatoms. The van der Waals surface area contributed by atoms with Gasteiger partial charge in [-0.15, -0.1) is 0 Å². The SMILES string of the molecule is CCOc1nc(Nc2cccc(I)c2)ccc1N. The van der Waals surface area contributed by atoms with Crippen LogP contribution < -0.4 is 15.8 Å². The molecule has 0 fully saturated rings. The van der Waals surface area contributed by atoms with Crippen molar-refractivity contribution in [3.05, 3.63) is 40.0 Å². The highest BCUT2D eigenvalue weighted by molar-refractivity contribution is 14.1. The van der Waals surface area contributed by atoms with E-state index in [4.69, 9.17) is 10.5 Å². The van der Waals surface area contributed by atoms with E-state index in [1.807, 2.05) is 37.3 Å². The van der Waals surface area contributed by atoms with Crippen LogP contribution in [0, 0.1) is 3.57 Å². The lowest BCUT2D eigenvalue weighted by Crippen LogP contribution is -2.02. The molecule has 0 amide bonds. The molecule has 0 spiro atoms. The summed E-state index contributed by atoms with van der Waals surface area (Å²) >= 11 is 2.27. The lowest BCUT2D eigenvalue weighted by atomic mass is 10.3. The molecule has 0 bridgehead atoms. The molecule has 0 atom stereocenters.